The summed E-state index contributed by atoms with van der Waals surface area (Å²) < 4.78 is 5.07. The number of hydrogen-bond acceptors (Lipinski definition) is 3. The molecule has 0 aliphatic carbocycles. The Balaban J connectivity index is 2.35. The molecule has 3 nitrogen and oxygen atoms in total. The first-order valence-electron chi connectivity index (χ1n) is 5.80. The molecule has 0 aromatic heterocycles. The van der Waals surface area contributed by atoms with Crippen molar-refractivity contribution < 1.29 is 9.53 Å². The third kappa shape index (κ3) is 2.79. The van der Waals surface area contributed by atoms with Crippen LogP contribution >= 0.6 is 0 Å². The maximum absolute atomic E-state index is 12.3. The Labute approximate surface area is 111 Å². The van der Waals surface area contributed by atoms with E-state index in [2.05, 4.69) is 5.87 Å². The molecule has 0 saturated carbocycles. The first kappa shape index (κ1) is 12.8. The van der Waals surface area contributed by atoms with E-state index in [1.54, 1.807) is 55.6 Å². The monoisotopic (exact) mass is 251 g/mol. The number of ether oxygens (including phenoxy) is 1. The summed E-state index contributed by atoms with van der Waals surface area (Å²) in [4.78, 5) is 12.3. The van der Waals surface area contributed by atoms with E-state index in [4.69, 9.17) is 10.1 Å². The second-order valence-corrected chi connectivity index (χ2v) is 3.92. The molecule has 1 N–H and O–H groups in total. The van der Waals surface area contributed by atoms with Crippen LogP contribution in [0.25, 0.3) is 5.57 Å². The molecule has 2 aromatic rings. The predicted molar refractivity (Wildman–Crippen MR) is 74.9 cm³/mol. The van der Waals surface area contributed by atoms with E-state index < -0.39 is 0 Å². The van der Waals surface area contributed by atoms with Crippen LogP contribution in [0.5, 0.6) is 5.75 Å². The Morgan fingerprint density at radius 1 is 1.00 bits per heavy atom. The number of carbonyl (C=O) groups excluding carboxylic acids is 1. The summed E-state index contributed by atoms with van der Waals surface area (Å²) in [6.07, 6.45) is 0. The number of carbonyl (C=O) groups is 1. The second-order valence-electron chi connectivity index (χ2n) is 3.92. The fourth-order valence-corrected chi connectivity index (χ4v) is 1.75. The summed E-state index contributed by atoms with van der Waals surface area (Å²) >= 11 is 0. The average molecular weight is 251 g/mol. The highest BCUT2D eigenvalue weighted by Crippen LogP contribution is 2.20. The molecule has 0 unspecified atom stereocenters. The van der Waals surface area contributed by atoms with Crippen LogP contribution in [-0.2, 0) is 0 Å². The topological polar surface area (TPSA) is 50.1 Å². The number of ketones is 1. The van der Waals surface area contributed by atoms with Gasteiger partial charge >= 0.3 is 0 Å². The van der Waals surface area contributed by atoms with Crippen LogP contribution in [0, 0.1) is 5.41 Å². The lowest BCUT2D eigenvalue weighted by atomic mass is 9.98. The molecule has 19 heavy (non-hydrogen) atoms. The van der Waals surface area contributed by atoms with Gasteiger partial charge in [0.25, 0.3) is 0 Å². The van der Waals surface area contributed by atoms with Gasteiger partial charge in [-0.25, -0.2) is 0 Å². The molecule has 0 amide bonds. The van der Waals surface area contributed by atoms with Gasteiger partial charge in [0, 0.05) is 5.56 Å². The summed E-state index contributed by atoms with van der Waals surface area (Å²) in [5.74, 6) is 2.73. The summed E-state index contributed by atoms with van der Waals surface area (Å²) in [6, 6.07) is 15.9. The van der Waals surface area contributed by atoms with Gasteiger partial charge in [0.2, 0.25) is 5.78 Å². The van der Waals surface area contributed by atoms with Gasteiger partial charge in [-0.15, -0.1) is 0 Å². The van der Waals surface area contributed by atoms with Crippen molar-refractivity contribution >= 4 is 17.2 Å². The van der Waals surface area contributed by atoms with Crippen LogP contribution in [0.15, 0.2) is 54.6 Å². The average Bonchev–Trinajstić information content (AvgIpc) is 2.49. The zero-order valence-corrected chi connectivity index (χ0v) is 10.5. The lowest BCUT2D eigenvalue weighted by molar-refractivity contribution is 0.105. The Bertz CT molecular complexity index is 624. The minimum Gasteiger partial charge on any atom is -0.497 e. The Morgan fingerprint density at radius 3 is 2.16 bits per heavy atom. The smallest absolute Gasteiger partial charge is 0.202 e. The van der Waals surface area contributed by atoms with Gasteiger partial charge in [-0.05, 0) is 35.7 Å². The van der Waals surface area contributed by atoms with Crippen molar-refractivity contribution in [3.8, 4) is 5.75 Å². The van der Waals surface area contributed by atoms with Crippen molar-refractivity contribution in [2.75, 3.05) is 7.11 Å². The van der Waals surface area contributed by atoms with Gasteiger partial charge < -0.3 is 4.74 Å². The number of nitrogens with one attached hydrogen (secondary N) is 1. The van der Waals surface area contributed by atoms with E-state index in [-0.39, 0.29) is 11.4 Å². The number of rotatable bonds is 4. The minimum atomic E-state index is -0.208. The van der Waals surface area contributed by atoms with E-state index in [0.29, 0.717) is 16.9 Å². The molecule has 0 spiro atoms. The van der Waals surface area contributed by atoms with Crippen LogP contribution in [0.1, 0.15) is 15.9 Å². The summed E-state index contributed by atoms with van der Waals surface area (Å²) in [5, 5.41) is 7.34. The van der Waals surface area contributed by atoms with Gasteiger partial charge in [-0.2, -0.15) is 0 Å². The number of Topliss-reactive ketones (excluding diaryl/α,β-unsaturated/α-hetero) is 1. The number of methoxy groups -OCH3 is 1. The van der Waals surface area contributed by atoms with Crippen molar-refractivity contribution in [3.05, 3.63) is 65.7 Å². The molecular weight excluding hydrogens is 238 g/mol. The first-order chi connectivity index (χ1) is 9.26. The molecule has 0 heterocycles. The molecule has 0 fully saturated rings. The summed E-state index contributed by atoms with van der Waals surface area (Å²) in [5.41, 5.74) is 1.45. The van der Waals surface area contributed by atoms with Crippen molar-refractivity contribution in [3.63, 3.8) is 0 Å². The van der Waals surface area contributed by atoms with Crippen LogP contribution < -0.4 is 4.74 Å². The Hall–Kier alpha value is -2.64. The quantitative estimate of drug-likeness (QED) is 0.515. The molecule has 94 valence electrons. The van der Waals surface area contributed by atoms with Crippen LogP contribution in [0.3, 0.4) is 0 Å². The minimum absolute atomic E-state index is 0.208. The summed E-state index contributed by atoms with van der Waals surface area (Å²) in [6.45, 7) is 0. The van der Waals surface area contributed by atoms with Gasteiger partial charge in [0.1, 0.15) is 5.75 Å². The van der Waals surface area contributed by atoms with E-state index in [0.717, 1.165) is 0 Å². The molecule has 0 saturated heterocycles. The molecule has 2 aromatic carbocycles. The van der Waals surface area contributed by atoms with Crippen molar-refractivity contribution in [1.82, 2.24) is 0 Å². The Kier molecular flexibility index (Phi) is 3.91. The zero-order valence-electron chi connectivity index (χ0n) is 10.5. The maximum Gasteiger partial charge on any atom is 0.202 e. The lowest BCUT2D eigenvalue weighted by Crippen LogP contribution is -2.03. The van der Waals surface area contributed by atoms with E-state index in [9.17, 15) is 4.79 Å². The first-order valence-corrected chi connectivity index (χ1v) is 5.80. The Morgan fingerprint density at radius 2 is 1.63 bits per heavy atom. The normalized spacial score (nSPS) is 9.53. The number of allylic oxidation sites excluding steroid dienone is 1. The van der Waals surface area contributed by atoms with Crippen LogP contribution in [-0.4, -0.2) is 18.8 Å². The fourth-order valence-electron chi connectivity index (χ4n) is 1.75. The highest BCUT2D eigenvalue weighted by atomic mass is 16.5. The molecule has 0 radical (unpaired) electrons. The van der Waals surface area contributed by atoms with E-state index in [1.807, 2.05) is 6.07 Å². The third-order valence-corrected chi connectivity index (χ3v) is 2.77. The van der Waals surface area contributed by atoms with E-state index in [1.165, 1.54) is 0 Å². The molecule has 2 rings (SSSR count). The largest absolute Gasteiger partial charge is 0.497 e. The molecule has 0 bridgehead atoms. The van der Waals surface area contributed by atoms with Crippen molar-refractivity contribution in [2.24, 2.45) is 0 Å². The highest BCUT2D eigenvalue weighted by Gasteiger charge is 2.14. The van der Waals surface area contributed by atoms with Crippen molar-refractivity contribution in [1.29, 1.82) is 5.41 Å². The lowest BCUT2D eigenvalue weighted by Gasteiger charge is -2.05. The number of benzene rings is 2. The highest BCUT2D eigenvalue weighted by molar-refractivity contribution is 6.35. The SMILES string of the molecule is COc1ccc(C(=C=N)C(=O)c2ccccc2)cc1. The second kappa shape index (κ2) is 5.80. The molecule has 0 atom stereocenters. The molecule has 0 aliphatic heterocycles. The zero-order chi connectivity index (χ0) is 13.7. The van der Waals surface area contributed by atoms with Gasteiger partial charge in [0.05, 0.1) is 12.7 Å². The predicted octanol–water partition coefficient (Wildman–Crippen LogP) is 3.21. The van der Waals surface area contributed by atoms with Gasteiger partial charge in [0.15, 0.2) is 0 Å². The van der Waals surface area contributed by atoms with Gasteiger partial charge in [-0.1, -0.05) is 30.3 Å². The standard InChI is InChI=1S/C16H13NO2/c1-19-14-9-7-12(8-10-14)15(11-17)16(18)13-5-3-2-4-6-13/h2-10,17H,1H3. The van der Waals surface area contributed by atoms with Crippen molar-refractivity contribution in [2.45, 2.75) is 0 Å². The maximum atomic E-state index is 12.3. The van der Waals surface area contributed by atoms with Gasteiger partial charge in [-0.3, -0.25) is 10.2 Å². The molecule has 0 aliphatic rings. The fraction of sp³-hybridized carbons (Fsp3) is 0.0625. The van der Waals surface area contributed by atoms with Crippen LogP contribution in [0.2, 0.25) is 0 Å². The van der Waals surface area contributed by atoms with E-state index >= 15 is 0 Å². The third-order valence-electron chi connectivity index (χ3n) is 2.77. The molecular formula is C16H13NO2. The van der Waals surface area contributed by atoms with Crippen LogP contribution in [0.4, 0.5) is 0 Å². The number of hydrogen-bond donors (Lipinski definition) is 1. The summed E-state index contributed by atoms with van der Waals surface area (Å²) in [7, 11) is 1.58. The molecule has 3 heteroatoms.